The van der Waals surface area contributed by atoms with E-state index in [-0.39, 0.29) is 13.2 Å². The van der Waals surface area contributed by atoms with Crippen molar-refractivity contribution in [1.29, 1.82) is 0 Å². The number of ether oxygens (including phenoxy) is 2. The normalized spacial score (nSPS) is 10.9. The topological polar surface area (TPSA) is 55.8 Å². The van der Waals surface area contributed by atoms with Gasteiger partial charge < -0.3 is 9.47 Å². The Bertz CT molecular complexity index is 493. The van der Waals surface area contributed by atoms with E-state index >= 15 is 0 Å². The monoisotopic (exact) mass is 357 g/mol. The summed E-state index contributed by atoms with van der Waals surface area (Å²) in [4.78, 5) is 25.2. The number of amides is 1. The summed E-state index contributed by atoms with van der Waals surface area (Å²) in [5.41, 5.74) is -0.0696. The first-order valence-electron chi connectivity index (χ1n) is 6.64. The van der Waals surface area contributed by atoms with Crippen LogP contribution < -0.4 is 4.90 Å². The fraction of sp³-hybridized carbons (Fsp3) is 0.467. The summed E-state index contributed by atoms with van der Waals surface area (Å²) < 4.78 is 11.1. The highest BCUT2D eigenvalue weighted by molar-refractivity contribution is 9.10. The minimum Gasteiger partial charge on any atom is -0.465 e. The summed E-state index contributed by atoms with van der Waals surface area (Å²) >= 11 is 3.33. The summed E-state index contributed by atoms with van der Waals surface area (Å²) in [6, 6.07) is 7.04. The molecule has 0 fully saturated rings. The van der Waals surface area contributed by atoms with Gasteiger partial charge >= 0.3 is 12.1 Å². The zero-order valence-corrected chi connectivity index (χ0v) is 14.3. The minimum absolute atomic E-state index is 0.190. The third-order valence-electron chi connectivity index (χ3n) is 2.34. The van der Waals surface area contributed by atoms with Crippen LogP contribution in [0.5, 0.6) is 0 Å². The summed E-state index contributed by atoms with van der Waals surface area (Å²) in [5.74, 6) is -0.480. The lowest BCUT2D eigenvalue weighted by Gasteiger charge is -2.26. The molecule has 0 aliphatic heterocycles. The lowest BCUT2D eigenvalue weighted by molar-refractivity contribution is -0.141. The van der Waals surface area contributed by atoms with Gasteiger partial charge in [0.15, 0.2) is 0 Å². The first-order chi connectivity index (χ1) is 9.73. The molecule has 116 valence electrons. The average molecular weight is 358 g/mol. The number of carbonyl (C=O) groups is 2. The van der Waals surface area contributed by atoms with Crippen LogP contribution in [-0.2, 0) is 14.3 Å². The summed E-state index contributed by atoms with van der Waals surface area (Å²) in [6.07, 6.45) is -0.585. The van der Waals surface area contributed by atoms with Crippen molar-refractivity contribution < 1.29 is 19.1 Å². The van der Waals surface area contributed by atoms with Crippen molar-refractivity contribution in [2.45, 2.75) is 33.3 Å². The Kier molecular flexibility index (Phi) is 6.20. The predicted molar refractivity (Wildman–Crippen MR) is 84.4 cm³/mol. The fourth-order valence-corrected chi connectivity index (χ4v) is 1.80. The molecule has 0 bridgehead atoms. The van der Waals surface area contributed by atoms with E-state index < -0.39 is 17.7 Å². The van der Waals surface area contributed by atoms with E-state index in [1.54, 1.807) is 52.0 Å². The molecule has 0 saturated carbocycles. The molecule has 5 nitrogen and oxygen atoms in total. The van der Waals surface area contributed by atoms with Gasteiger partial charge in [0.25, 0.3) is 0 Å². The van der Waals surface area contributed by atoms with E-state index in [1.165, 1.54) is 4.90 Å². The standard InChI is InChI=1S/C15H20BrNO4/c1-5-20-13(18)10-17(14(19)21-15(2,3)4)12-8-6-11(16)7-9-12/h6-9H,5,10H2,1-4H3. The maximum Gasteiger partial charge on any atom is 0.415 e. The lowest BCUT2D eigenvalue weighted by atomic mass is 10.2. The highest BCUT2D eigenvalue weighted by atomic mass is 79.9. The van der Waals surface area contributed by atoms with Crippen LogP contribution in [0.4, 0.5) is 10.5 Å². The lowest BCUT2D eigenvalue weighted by Crippen LogP contribution is -2.40. The van der Waals surface area contributed by atoms with E-state index in [0.717, 1.165) is 4.47 Å². The van der Waals surface area contributed by atoms with Crippen molar-refractivity contribution in [1.82, 2.24) is 0 Å². The molecule has 1 aromatic carbocycles. The first-order valence-corrected chi connectivity index (χ1v) is 7.44. The third-order valence-corrected chi connectivity index (χ3v) is 2.87. The number of hydrogen-bond acceptors (Lipinski definition) is 4. The zero-order chi connectivity index (χ0) is 16.0. The SMILES string of the molecule is CCOC(=O)CN(C(=O)OC(C)(C)C)c1ccc(Br)cc1. The van der Waals surface area contributed by atoms with Crippen LogP contribution in [-0.4, -0.2) is 30.8 Å². The molecular formula is C15H20BrNO4. The van der Waals surface area contributed by atoms with Gasteiger partial charge in [-0.1, -0.05) is 15.9 Å². The molecule has 0 aliphatic rings. The fourth-order valence-electron chi connectivity index (χ4n) is 1.54. The van der Waals surface area contributed by atoms with Gasteiger partial charge in [0.1, 0.15) is 12.1 Å². The van der Waals surface area contributed by atoms with E-state index in [2.05, 4.69) is 15.9 Å². The van der Waals surface area contributed by atoms with Crippen LogP contribution in [0.1, 0.15) is 27.7 Å². The Hall–Kier alpha value is -1.56. The Morgan fingerprint density at radius 3 is 2.24 bits per heavy atom. The number of anilines is 1. The molecule has 0 spiro atoms. The molecule has 1 aromatic rings. The van der Waals surface area contributed by atoms with Crippen LogP contribution in [0.3, 0.4) is 0 Å². The number of rotatable bonds is 4. The van der Waals surface area contributed by atoms with Crippen LogP contribution in [0, 0.1) is 0 Å². The smallest absolute Gasteiger partial charge is 0.415 e. The van der Waals surface area contributed by atoms with Gasteiger partial charge in [0.05, 0.1) is 6.61 Å². The van der Waals surface area contributed by atoms with Crippen molar-refractivity contribution >= 4 is 33.7 Å². The molecule has 1 rings (SSSR count). The molecular weight excluding hydrogens is 338 g/mol. The molecule has 21 heavy (non-hydrogen) atoms. The second kappa shape index (κ2) is 7.45. The Labute approximate surface area is 133 Å². The molecule has 0 saturated heterocycles. The van der Waals surface area contributed by atoms with Gasteiger partial charge in [-0.2, -0.15) is 0 Å². The Morgan fingerprint density at radius 1 is 1.19 bits per heavy atom. The highest BCUT2D eigenvalue weighted by Gasteiger charge is 2.25. The number of carbonyl (C=O) groups excluding carboxylic acids is 2. The quantitative estimate of drug-likeness (QED) is 0.770. The van der Waals surface area contributed by atoms with Crippen LogP contribution >= 0.6 is 15.9 Å². The molecule has 0 aliphatic carbocycles. The van der Waals surface area contributed by atoms with Crippen molar-refractivity contribution in [3.05, 3.63) is 28.7 Å². The Morgan fingerprint density at radius 2 is 1.76 bits per heavy atom. The van der Waals surface area contributed by atoms with E-state index in [9.17, 15) is 9.59 Å². The third kappa shape index (κ3) is 6.16. The predicted octanol–water partition coefficient (Wildman–Crippen LogP) is 3.75. The van der Waals surface area contributed by atoms with Gasteiger partial charge in [-0.3, -0.25) is 9.69 Å². The average Bonchev–Trinajstić information content (AvgIpc) is 2.35. The summed E-state index contributed by atoms with van der Waals surface area (Å²) in [7, 11) is 0. The van der Waals surface area contributed by atoms with Gasteiger partial charge in [-0.05, 0) is 52.0 Å². The van der Waals surface area contributed by atoms with Crippen molar-refractivity contribution in [2.24, 2.45) is 0 Å². The maximum atomic E-state index is 12.3. The Balaban J connectivity index is 2.96. The largest absolute Gasteiger partial charge is 0.465 e. The molecule has 0 aromatic heterocycles. The van der Waals surface area contributed by atoms with Crippen molar-refractivity contribution in [3.63, 3.8) is 0 Å². The molecule has 6 heteroatoms. The van der Waals surface area contributed by atoms with Gasteiger partial charge in [0, 0.05) is 10.2 Å². The summed E-state index contributed by atoms with van der Waals surface area (Å²) in [6.45, 7) is 7.11. The van der Waals surface area contributed by atoms with E-state index in [0.29, 0.717) is 5.69 Å². The van der Waals surface area contributed by atoms with Crippen LogP contribution in [0.25, 0.3) is 0 Å². The van der Waals surface area contributed by atoms with Crippen LogP contribution in [0.15, 0.2) is 28.7 Å². The molecule has 0 N–H and O–H groups in total. The second-order valence-electron chi connectivity index (χ2n) is 5.35. The number of nitrogens with zero attached hydrogens (tertiary/aromatic N) is 1. The molecule has 0 radical (unpaired) electrons. The number of benzene rings is 1. The minimum atomic E-state index is -0.640. The van der Waals surface area contributed by atoms with E-state index in [1.807, 2.05) is 0 Å². The van der Waals surface area contributed by atoms with Crippen molar-refractivity contribution in [3.8, 4) is 0 Å². The first kappa shape index (κ1) is 17.5. The number of esters is 1. The van der Waals surface area contributed by atoms with Gasteiger partial charge in [-0.25, -0.2) is 4.79 Å². The molecule has 0 heterocycles. The number of halogens is 1. The molecule has 0 unspecified atom stereocenters. The van der Waals surface area contributed by atoms with Crippen molar-refractivity contribution in [2.75, 3.05) is 18.1 Å². The van der Waals surface area contributed by atoms with Gasteiger partial charge in [0.2, 0.25) is 0 Å². The zero-order valence-electron chi connectivity index (χ0n) is 12.7. The second-order valence-corrected chi connectivity index (χ2v) is 6.26. The number of hydrogen-bond donors (Lipinski definition) is 0. The summed E-state index contributed by atoms with van der Waals surface area (Å²) in [5, 5.41) is 0. The molecule has 0 atom stereocenters. The highest BCUT2D eigenvalue weighted by Crippen LogP contribution is 2.21. The van der Waals surface area contributed by atoms with Crippen LogP contribution in [0.2, 0.25) is 0 Å². The van der Waals surface area contributed by atoms with E-state index in [4.69, 9.17) is 9.47 Å². The molecule has 1 amide bonds. The van der Waals surface area contributed by atoms with Gasteiger partial charge in [-0.15, -0.1) is 0 Å². The maximum absolute atomic E-state index is 12.3.